The minimum Gasteiger partial charge on any atom is -0.506 e. The van der Waals surface area contributed by atoms with Crippen molar-refractivity contribution in [2.24, 2.45) is 5.16 Å². The SMILES string of the molecule is C=C1OCC/C=C/CCC(OC)C/C(=N\OCC(=O)N2CCCCC2)Cc2c1ccc(O)c2Cl. The molecule has 1 fully saturated rings. The van der Waals surface area contributed by atoms with E-state index in [0.29, 0.717) is 42.0 Å². The molecule has 8 heteroatoms. The van der Waals surface area contributed by atoms with E-state index in [0.717, 1.165) is 51.6 Å². The monoisotopic (exact) mass is 490 g/mol. The number of rotatable bonds is 4. The van der Waals surface area contributed by atoms with Crippen LogP contribution in [0.25, 0.3) is 5.76 Å². The molecule has 0 bridgehead atoms. The lowest BCUT2D eigenvalue weighted by atomic mass is 9.96. The molecule has 1 aromatic carbocycles. The number of ether oxygens (including phenoxy) is 2. The van der Waals surface area contributed by atoms with Crippen molar-refractivity contribution in [3.8, 4) is 5.75 Å². The molecule has 0 saturated carbocycles. The summed E-state index contributed by atoms with van der Waals surface area (Å²) < 4.78 is 11.5. The van der Waals surface area contributed by atoms with Crippen LogP contribution >= 0.6 is 11.6 Å². The molecular formula is C26H35ClN2O5. The third kappa shape index (κ3) is 7.50. The molecule has 3 rings (SSSR count). The molecule has 186 valence electrons. The van der Waals surface area contributed by atoms with E-state index in [2.05, 4.69) is 23.9 Å². The van der Waals surface area contributed by atoms with Gasteiger partial charge in [-0.25, -0.2) is 0 Å². The number of likely N-dealkylation sites (tertiary alicyclic amines) is 1. The van der Waals surface area contributed by atoms with E-state index in [-0.39, 0.29) is 29.4 Å². The number of allylic oxidation sites excluding steroid dienone is 1. The van der Waals surface area contributed by atoms with Crippen molar-refractivity contribution in [3.05, 3.63) is 47.0 Å². The number of hydrogen-bond donors (Lipinski definition) is 1. The van der Waals surface area contributed by atoms with Crippen LogP contribution in [0.3, 0.4) is 0 Å². The fraction of sp³-hybridized carbons (Fsp3) is 0.538. The lowest BCUT2D eigenvalue weighted by Crippen LogP contribution is -2.37. The molecule has 1 N–H and O–H groups in total. The zero-order valence-corrected chi connectivity index (χ0v) is 20.7. The number of piperidine rings is 1. The summed E-state index contributed by atoms with van der Waals surface area (Å²) in [6.07, 6.45) is 10.6. The van der Waals surface area contributed by atoms with Crippen molar-refractivity contribution in [1.29, 1.82) is 0 Å². The summed E-state index contributed by atoms with van der Waals surface area (Å²) in [5.41, 5.74) is 2.02. The Balaban J connectivity index is 1.84. The molecule has 1 saturated heterocycles. The number of halogens is 1. The number of amides is 1. The van der Waals surface area contributed by atoms with Crippen molar-refractivity contribution >= 4 is 29.0 Å². The Morgan fingerprint density at radius 2 is 2.03 bits per heavy atom. The highest BCUT2D eigenvalue weighted by molar-refractivity contribution is 6.33. The molecule has 7 nitrogen and oxygen atoms in total. The summed E-state index contributed by atoms with van der Waals surface area (Å²) in [5.74, 6) is 0.392. The average molecular weight is 491 g/mol. The van der Waals surface area contributed by atoms with Crippen LogP contribution in [0.4, 0.5) is 0 Å². The summed E-state index contributed by atoms with van der Waals surface area (Å²) in [5, 5.41) is 14.8. The molecule has 0 spiro atoms. The van der Waals surface area contributed by atoms with Crippen LogP contribution in [0, 0.1) is 0 Å². The second-order valence-corrected chi connectivity index (χ2v) is 9.02. The third-order valence-corrected chi connectivity index (χ3v) is 6.60. The Morgan fingerprint density at radius 1 is 1.26 bits per heavy atom. The van der Waals surface area contributed by atoms with Crippen molar-refractivity contribution in [1.82, 2.24) is 4.90 Å². The van der Waals surface area contributed by atoms with Gasteiger partial charge in [-0.2, -0.15) is 0 Å². The van der Waals surface area contributed by atoms with Crippen LogP contribution in [0.15, 0.2) is 36.0 Å². The number of phenolic OH excluding ortho intramolecular Hbond substituents is 1. The number of benzene rings is 1. The third-order valence-electron chi connectivity index (χ3n) is 6.17. The Morgan fingerprint density at radius 3 is 2.79 bits per heavy atom. The number of phenols is 1. The van der Waals surface area contributed by atoms with E-state index in [4.69, 9.17) is 25.9 Å². The molecule has 1 aromatic rings. The first-order chi connectivity index (χ1) is 16.5. The van der Waals surface area contributed by atoms with E-state index < -0.39 is 0 Å². The number of fused-ring (bicyclic) bond motifs is 1. The minimum atomic E-state index is -0.111. The predicted molar refractivity (Wildman–Crippen MR) is 134 cm³/mol. The second kappa shape index (κ2) is 13.4. The topological polar surface area (TPSA) is 80.6 Å². The fourth-order valence-electron chi connectivity index (χ4n) is 4.21. The summed E-state index contributed by atoms with van der Waals surface area (Å²) in [4.78, 5) is 19.9. The Hall–Kier alpha value is -2.51. The van der Waals surface area contributed by atoms with Gasteiger partial charge in [-0.05, 0) is 56.2 Å². The van der Waals surface area contributed by atoms with E-state index in [9.17, 15) is 9.90 Å². The van der Waals surface area contributed by atoms with Gasteiger partial charge in [-0.3, -0.25) is 4.79 Å². The van der Waals surface area contributed by atoms with Crippen LogP contribution in [0.5, 0.6) is 5.75 Å². The summed E-state index contributed by atoms with van der Waals surface area (Å²) in [6.45, 7) is 5.97. The molecule has 1 atom stereocenters. The zero-order valence-electron chi connectivity index (χ0n) is 19.9. The van der Waals surface area contributed by atoms with E-state index in [1.54, 1.807) is 13.2 Å². The first-order valence-corrected chi connectivity index (χ1v) is 12.3. The maximum absolute atomic E-state index is 12.5. The second-order valence-electron chi connectivity index (χ2n) is 8.64. The minimum absolute atomic E-state index is 0.0268. The van der Waals surface area contributed by atoms with Crippen LogP contribution in [-0.2, 0) is 25.5 Å². The molecule has 2 aliphatic rings. The highest BCUT2D eigenvalue weighted by Gasteiger charge is 2.21. The van der Waals surface area contributed by atoms with Gasteiger partial charge in [0.05, 0.1) is 23.4 Å². The number of carbonyl (C=O) groups excluding carboxylic acids is 1. The van der Waals surface area contributed by atoms with Gasteiger partial charge < -0.3 is 24.3 Å². The first kappa shape index (κ1) is 26.1. The maximum atomic E-state index is 12.5. The molecule has 1 unspecified atom stereocenters. The number of oxime groups is 1. The first-order valence-electron chi connectivity index (χ1n) is 11.9. The lowest BCUT2D eigenvalue weighted by molar-refractivity contribution is -0.137. The number of methoxy groups -OCH3 is 1. The fourth-order valence-corrected chi connectivity index (χ4v) is 4.45. The normalized spacial score (nSPS) is 22.4. The van der Waals surface area contributed by atoms with Gasteiger partial charge >= 0.3 is 0 Å². The van der Waals surface area contributed by atoms with E-state index in [1.165, 1.54) is 6.07 Å². The van der Waals surface area contributed by atoms with Gasteiger partial charge in [0.15, 0.2) is 6.61 Å². The van der Waals surface area contributed by atoms with Crippen molar-refractivity contribution < 1.29 is 24.2 Å². The van der Waals surface area contributed by atoms with Gasteiger partial charge in [0.1, 0.15) is 11.5 Å². The molecule has 0 aliphatic carbocycles. The molecule has 0 aromatic heterocycles. The predicted octanol–water partition coefficient (Wildman–Crippen LogP) is 5.11. The van der Waals surface area contributed by atoms with Crippen molar-refractivity contribution in [2.75, 3.05) is 33.4 Å². The summed E-state index contributed by atoms with van der Waals surface area (Å²) in [6, 6.07) is 3.27. The Bertz CT molecular complexity index is 909. The van der Waals surface area contributed by atoms with Crippen LogP contribution in [0.1, 0.15) is 56.1 Å². The molecule has 2 heterocycles. The van der Waals surface area contributed by atoms with Crippen molar-refractivity contribution in [2.45, 2.75) is 57.5 Å². The molecule has 1 amide bonds. The zero-order chi connectivity index (χ0) is 24.3. The molecule has 34 heavy (non-hydrogen) atoms. The van der Waals surface area contributed by atoms with Gasteiger partial charge in [0, 0.05) is 38.6 Å². The van der Waals surface area contributed by atoms with E-state index >= 15 is 0 Å². The van der Waals surface area contributed by atoms with Crippen molar-refractivity contribution in [3.63, 3.8) is 0 Å². The molecule has 0 radical (unpaired) electrons. The summed E-state index contributed by atoms with van der Waals surface area (Å²) >= 11 is 6.50. The Kier molecular flexibility index (Phi) is 10.3. The number of carbonyl (C=O) groups is 1. The Labute approximate surface area is 207 Å². The van der Waals surface area contributed by atoms with Gasteiger partial charge in [-0.15, -0.1) is 0 Å². The highest BCUT2D eigenvalue weighted by atomic mass is 35.5. The maximum Gasteiger partial charge on any atom is 0.263 e. The van der Waals surface area contributed by atoms with Crippen LogP contribution in [-0.4, -0.2) is 61.1 Å². The molecule has 2 aliphatic heterocycles. The van der Waals surface area contributed by atoms with Crippen LogP contribution < -0.4 is 0 Å². The smallest absolute Gasteiger partial charge is 0.263 e. The number of hydrogen-bond acceptors (Lipinski definition) is 6. The van der Waals surface area contributed by atoms with E-state index in [1.807, 2.05) is 4.90 Å². The highest BCUT2D eigenvalue weighted by Crippen LogP contribution is 2.34. The molecular weight excluding hydrogens is 456 g/mol. The standard InChI is InChI=1S/C26H35ClN2O5/c1-19-22-11-12-24(30)26(27)23(22)17-20(16-21(32-2)10-6-3-4-9-15-33-19)28-34-18-25(31)29-13-7-5-8-14-29/h3-4,11-12,21,30H,1,5-10,13-18H2,2H3/b4-3+,28-20+. The quantitative estimate of drug-likeness (QED) is 0.468. The largest absolute Gasteiger partial charge is 0.506 e. The number of nitrogens with zero attached hydrogens (tertiary/aromatic N) is 2. The van der Waals surface area contributed by atoms with Crippen LogP contribution in [0.2, 0.25) is 5.02 Å². The van der Waals surface area contributed by atoms with Gasteiger partial charge in [-0.1, -0.05) is 35.5 Å². The van der Waals surface area contributed by atoms with Gasteiger partial charge in [0.2, 0.25) is 0 Å². The lowest BCUT2D eigenvalue weighted by Gasteiger charge is -2.26. The number of aromatic hydroxyl groups is 1. The van der Waals surface area contributed by atoms with Gasteiger partial charge in [0.25, 0.3) is 5.91 Å². The average Bonchev–Trinajstić information content (AvgIpc) is 2.85. The summed E-state index contributed by atoms with van der Waals surface area (Å²) in [7, 11) is 1.68.